The van der Waals surface area contributed by atoms with Gasteiger partial charge in [-0.2, -0.15) is 0 Å². The van der Waals surface area contributed by atoms with Gasteiger partial charge in [0.2, 0.25) is 0 Å². The summed E-state index contributed by atoms with van der Waals surface area (Å²) in [4.78, 5) is 3.09. The van der Waals surface area contributed by atoms with Crippen LogP contribution in [0.25, 0.3) is 0 Å². The monoisotopic (exact) mass is 148 g/mol. The van der Waals surface area contributed by atoms with Crippen molar-refractivity contribution in [2.24, 2.45) is 0 Å². The molecule has 0 heterocycles. The summed E-state index contributed by atoms with van der Waals surface area (Å²) >= 11 is 0. The third kappa shape index (κ3) is 2.62. The van der Waals surface area contributed by atoms with E-state index in [-0.39, 0.29) is 0 Å². The molecule has 0 fully saturated rings. The Morgan fingerprint density at radius 3 is 1.10 bits per heavy atom. The van der Waals surface area contributed by atoms with Crippen molar-refractivity contribution in [1.82, 2.24) is 9.80 Å². The summed E-state index contributed by atoms with van der Waals surface area (Å²) in [5.41, 5.74) is 0. The number of aliphatic hydroxyl groups is 2. The molecule has 0 bridgehead atoms. The Hall–Kier alpha value is -0.160. The third-order valence-corrected chi connectivity index (χ3v) is 1.32. The lowest BCUT2D eigenvalue weighted by Gasteiger charge is -2.28. The van der Waals surface area contributed by atoms with Gasteiger partial charge in [0, 0.05) is 0 Å². The van der Waals surface area contributed by atoms with Crippen LogP contribution < -0.4 is 0 Å². The van der Waals surface area contributed by atoms with E-state index in [2.05, 4.69) is 0 Å². The summed E-state index contributed by atoms with van der Waals surface area (Å²) in [6.07, 6.45) is -1.65. The average molecular weight is 148 g/mol. The summed E-state index contributed by atoms with van der Waals surface area (Å²) < 4.78 is 0. The molecule has 0 saturated heterocycles. The Morgan fingerprint density at radius 2 is 1.00 bits per heavy atom. The Kier molecular flexibility index (Phi) is 3.81. The second kappa shape index (κ2) is 3.88. The summed E-state index contributed by atoms with van der Waals surface area (Å²) in [5.74, 6) is 0. The molecule has 0 saturated carbocycles. The number of hydrogen-bond donors (Lipinski definition) is 2. The van der Waals surface area contributed by atoms with Crippen LogP contribution in [0.15, 0.2) is 0 Å². The summed E-state index contributed by atoms with van der Waals surface area (Å²) in [5, 5.41) is 18.4. The van der Waals surface area contributed by atoms with E-state index in [1.165, 1.54) is 0 Å². The molecule has 0 radical (unpaired) electrons. The maximum atomic E-state index is 9.20. The van der Waals surface area contributed by atoms with Gasteiger partial charge in [-0.25, -0.2) is 0 Å². The molecular weight excluding hydrogens is 132 g/mol. The molecule has 0 spiro atoms. The number of nitrogens with zero attached hydrogens (tertiary/aromatic N) is 2. The topological polar surface area (TPSA) is 46.9 Å². The average Bonchev–Trinajstić information content (AvgIpc) is 1.84. The maximum absolute atomic E-state index is 9.20. The quantitative estimate of drug-likeness (QED) is 0.491. The van der Waals surface area contributed by atoms with E-state index >= 15 is 0 Å². The molecule has 62 valence electrons. The van der Waals surface area contributed by atoms with E-state index in [4.69, 9.17) is 0 Å². The Bertz CT molecular complexity index is 83.7. The normalized spacial score (nSPS) is 18.0. The van der Waals surface area contributed by atoms with Gasteiger partial charge in [0.25, 0.3) is 0 Å². The zero-order chi connectivity index (χ0) is 8.31. The predicted octanol–water partition coefficient (Wildman–Crippen LogP) is -1.25. The molecule has 4 nitrogen and oxygen atoms in total. The number of aliphatic hydroxyl groups excluding tert-OH is 2. The molecule has 0 aliphatic rings. The lowest BCUT2D eigenvalue weighted by Crippen LogP contribution is -2.46. The molecule has 0 aliphatic heterocycles. The first-order valence-electron chi connectivity index (χ1n) is 3.15. The van der Waals surface area contributed by atoms with Crippen molar-refractivity contribution >= 4 is 0 Å². The smallest absolute Gasteiger partial charge is 0.146 e. The van der Waals surface area contributed by atoms with Gasteiger partial charge in [-0.15, -0.1) is 0 Å². The van der Waals surface area contributed by atoms with Crippen LogP contribution in [0.3, 0.4) is 0 Å². The van der Waals surface area contributed by atoms with Crippen LogP contribution in [0.4, 0.5) is 0 Å². The SMILES string of the molecule is CN(C)C(O)C(O)N(C)C. The molecule has 0 amide bonds. The second-order valence-electron chi connectivity index (χ2n) is 2.75. The van der Waals surface area contributed by atoms with Gasteiger partial charge in [-0.05, 0) is 28.2 Å². The van der Waals surface area contributed by atoms with Crippen LogP contribution in [0.2, 0.25) is 0 Å². The predicted molar refractivity (Wildman–Crippen MR) is 39.4 cm³/mol. The van der Waals surface area contributed by atoms with Crippen molar-refractivity contribution in [3.63, 3.8) is 0 Å². The molecular formula is C6H16N2O2. The number of hydrogen-bond acceptors (Lipinski definition) is 4. The summed E-state index contributed by atoms with van der Waals surface area (Å²) in [7, 11) is 6.82. The van der Waals surface area contributed by atoms with Crippen molar-refractivity contribution in [2.75, 3.05) is 28.2 Å². The minimum atomic E-state index is -0.824. The molecule has 0 aliphatic carbocycles. The number of rotatable bonds is 3. The van der Waals surface area contributed by atoms with Crippen molar-refractivity contribution in [3.05, 3.63) is 0 Å². The second-order valence-corrected chi connectivity index (χ2v) is 2.75. The molecule has 0 aromatic rings. The first-order chi connectivity index (χ1) is 4.46. The van der Waals surface area contributed by atoms with Crippen LogP contribution in [0.1, 0.15) is 0 Å². The first-order valence-corrected chi connectivity index (χ1v) is 3.15. The minimum absolute atomic E-state index is 0.824. The highest BCUT2D eigenvalue weighted by Crippen LogP contribution is 1.97. The maximum Gasteiger partial charge on any atom is 0.146 e. The van der Waals surface area contributed by atoms with Crippen molar-refractivity contribution in [2.45, 2.75) is 12.5 Å². The van der Waals surface area contributed by atoms with Gasteiger partial charge >= 0.3 is 0 Å². The highest BCUT2D eigenvalue weighted by atomic mass is 16.4. The van der Waals surface area contributed by atoms with Gasteiger partial charge in [-0.1, -0.05) is 0 Å². The lowest BCUT2D eigenvalue weighted by atomic mass is 10.4. The largest absolute Gasteiger partial charge is 0.374 e. The molecule has 4 heteroatoms. The standard InChI is InChI=1S/C6H16N2O2/c1-7(2)5(9)6(10)8(3)4/h5-6,9-10H,1-4H3. The Morgan fingerprint density at radius 1 is 0.800 bits per heavy atom. The van der Waals surface area contributed by atoms with E-state index in [0.29, 0.717) is 0 Å². The van der Waals surface area contributed by atoms with Crippen molar-refractivity contribution in [3.8, 4) is 0 Å². The van der Waals surface area contributed by atoms with E-state index in [1.54, 1.807) is 38.0 Å². The van der Waals surface area contributed by atoms with Crippen molar-refractivity contribution < 1.29 is 10.2 Å². The molecule has 2 unspecified atom stereocenters. The van der Waals surface area contributed by atoms with Gasteiger partial charge in [-0.3, -0.25) is 9.80 Å². The highest BCUT2D eigenvalue weighted by molar-refractivity contribution is 4.60. The molecule has 2 atom stereocenters. The molecule has 2 N–H and O–H groups in total. The highest BCUT2D eigenvalue weighted by Gasteiger charge is 2.19. The van der Waals surface area contributed by atoms with Crippen LogP contribution in [-0.2, 0) is 0 Å². The zero-order valence-electron chi connectivity index (χ0n) is 6.94. The minimum Gasteiger partial charge on any atom is -0.374 e. The molecule has 0 rings (SSSR count). The van der Waals surface area contributed by atoms with Gasteiger partial charge in [0.15, 0.2) is 0 Å². The van der Waals surface area contributed by atoms with E-state index in [9.17, 15) is 10.2 Å². The van der Waals surface area contributed by atoms with Crippen LogP contribution in [0, 0.1) is 0 Å². The van der Waals surface area contributed by atoms with E-state index in [0.717, 1.165) is 0 Å². The Balaban J connectivity index is 3.81. The van der Waals surface area contributed by atoms with Gasteiger partial charge in [0.1, 0.15) is 12.5 Å². The van der Waals surface area contributed by atoms with Crippen molar-refractivity contribution in [1.29, 1.82) is 0 Å². The summed E-state index contributed by atoms with van der Waals surface area (Å²) in [6.45, 7) is 0. The van der Waals surface area contributed by atoms with Crippen LogP contribution >= 0.6 is 0 Å². The fraction of sp³-hybridized carbons (Fsp3) is 1.00. The van der Waals surface area contributed by atoms with Gasteiger partial charge in [0.05, 0.1) is 0 Å². The van der Waals surface area contributed by atoms with Crippen LogP contribution in [0.5, 0.6) is 0 Å². The van der Waals surface area contributed by atoms with Crippen LogP contribution in [-0.4, -0.2) is 60.7 Å². The Labute approximate surface area is 61.7 Å². The fourth-order valence-electron chi connectivity index (χ4n) is 0.533. The van der Waals surface area contributed by atoms with Gasteiger partial charge < -0.3 is 10.2 Å². The van der Waals surface area contributed by atoms with E-state index in [1.807, 2.05) is 0 Å². The zero-order valence-corrected chi connectivity index (χ0v) is 6.94. The molecule has 0 aromatic carbocycles. The van der Waals surface area contributed by atoms with E-state index < -0.39 is 12.5 Å². The lowest BCUT2D eigenvalue weighted by molar-refractivity contribution is -0.119. The molecule has 0 aromatic heterocycles. The third-order valence-electron chi connectivity index (χ3n) is 1.32. The first kappa shape index (κ1) is 9.84. The molecule has 10 heavy (non-hydrogen) atoms. The fourth-order valence-corrected chi connectivity index (χ4v) is 0.533. The number of likely N-dealkylation sites (N-methyl/N-ethyl adjacent to an activating group) is 2. The summed E-state index contributed by atoms with van der Waals surface area (Å²) in [6, 6.07) is 0.